The largest absolute Gasteiger partial charge is 0.311 e. The first-order valence-electron chi connectivity index (χ1n) is 7.09. The summed E-state index contributed by atoms with van der Waals surface area (Å²) in [5.74, 6) is 3.55. The van der Waals surface area contributed by atoms with Gasteiger partial charge >= 0.3 is 0 Å². The van der Waals surface area contributed by atoms with E-state index in [1.165, 1.54) is 38.9 Å². The minimum absolute atomic E-state index is 0.448. The fourth-order valence-corrected chi connectivity index (χ4v) is 2.81. The summed E-state index contributed by atoms with van der Waals surface area (Å²) in [7, 11) is 0. The standard InChI is InChI=1S/C15H28N2/c1-5-7-13(3)16-14(4)15-8-11-17(10-6-2)12-9-15/h1,13-16H,6-12H2,2-4H3. The van der Waals surface area contributed by atoms with Gasteiger partial charge in [-0.2, -0.15) is 0 Å². The first kappa shape index (κ1) is 14.5. The average Bonchev–Trinajstić information content (AvgIpc) is 2.30. The Bertz CT molecular complexity index is 236. The van der Waals surface area contributed by atoms with Crippen molar-refractivity contribution >= 4 is 0 Å². The summed E-state index contributed by atoms with van der Waals surface area (Å²) in [6, 6.07) is 1.05. The van der Waals surface area contributed by atoms with Crippen LogP contribution in [0.4, 0.5) is 0 Å². The van der Waals surface area contributed by atoms with E-state index in [1.54, 1.807) is 0 Å². The molecular weight excluding hydrogens is 208 g/mol. The summed E-state index contributed by atoms with van der Waals surface area (Å²) in [6.07, 6.45) is 10.1. The van der Waals surface area contributed by atoms with Crippen LogP contribution in [0.3, 0.4) is 0 Å². The van der Waals surface area contributed by atoms with Crippen LogP contribution in [0.25, 0.3) is 0 Å². The lowest BCUT2D eigenvalue weighted by molar-refractivity contribution is 0.159. The molecule has 0 aromatic heterocycles. The van der Waals surface area contributed by atoms with E-state index in [0.717, 1.165) is 12.3 Å². The molecule has 2 nitrogen and oxygen atoms in total. The Labute approximate surface area is 107 Å². The molecule has 1 aliphatic rings. The molecule has 0 radical (unpaired) electrons. The Morgan fingerprint density at radius 1 is 1.35 bits per heavy atom. The molecule has 2 atom stereocenters. The normalized spacial score (nSPS) is 22.0. The van der Waals surface area contributed by atoms with Gasteiger partial charge in [-0.3, -0.25) is 0 Å². The number of terminal acetylenes is 1. The third-order valence-corrected chi connectivity index (χ3v) is 3.85. The number of nitrogens with zero attached hydrogens (tertiary/aromatic N) is 1. The maximum absolute atomic E-state index is 5.34. The molecule has 2 heteroatoms. The molecule has 1 aliphatic heterocycles. The van der Waals surface area contributed by atoms with Crippen molar-refractivity contribution in [3.05, 3.63) is 0 Å². The van der Waals surface area contributed by atoms with E-state index in [9.17, 15) is 0 Å². The maximum Gasteiger partial charge on any atom is 0.0238 e. The second-order valence-electron chi connectivity index (χ2n) is 5.44. The summed E-state index contributed by atoms with van der Waals surface area (Å²) in [5.41, 5.74) is 0. The molecule has 1 saturated heterocycles. The molecule has 0 aliphatic carbocycles. The lowest BCUT2D eigenvalue weighted by atomic mass is 9.89. The smallest absolute Gasteiger partial charge is 0.0238 e. The van der Waals surface area contributed by atoms with Crippen molar-refractivity contribution in [3.8, 4) is 12.3 Å². The van der Waals surface area contributed by atoms with Gasteiger partial charge in [-0.15, -0.1) is 12.3 Å². The van der Waals surface area contributed by atoms with Gasteiger partial charge in [0.25, 0.3) is 0 Å². The molecule has 2 unspecified atom stereocenters. The highest BCUT2D eigenvalue weighted by Crippen LogP contribution is 2.21. The molecule has 17 heavy (non-hydrogen) atoms. The van der Waals surface area contributed by atoms with E-state index < -0.39 is 0 Å². The molecule has 0 aromatic carbocycles. The van der Waals surface area contributed by atoms with Crippen LogP contribution in [-0.4, -0.2) is 36.6 Å². The van der Waals surface area contributed by atoms with Crippen LogP contribution in [0.2, 0.25) is 0 Å². The lowest BCUT2D eigenvalue weighted by Crippen LogP contribution is -2.44. The molecule has 0 aromatic rings. The van der Waals surface area contributed by atoms with E-state index in [1.807, 2.05) is 0 Å². The third kappa shape index (κ3) is 5.10. The minimum atomic E-state index is 0.448. The molecule has 1 rings (SSSR count). The highest BCUT2D eigenvalue weighted by Gasteiger charge is 2.23. The Morgan fingerprint density at radius 2 is 2.00 bits per heavy atom. The van der Waals surface area contributed by atoms with Gasteiger partial charge in [0.2, 0.25) is 0 Å². The summed E-state index contributed by atoms with van der Waals surface area (Å²) in [5, 5.41) is 3.64. The molecule has 0 saturated carbocycles. The molecule has 1 N–H and O–H groups in total. The quantitative estimate of drug-likeness (QED) is 0.713. The van der Waals surface area contributed by atoms with Crippen LogP contribution in [0.1, 0.15) is 46.5 Å². The summed E-state index contributed by atoms with van der Waals surface area (Å²) >= 11 is 0. The summed E-state index contributed by atoms with van der Waals surface area (Å²) < 4.78 is 0. The van der Waals surface area contributed by atoms with Crippen LogP contribution in [0.15, 0.2) is 0 Å². The van der Waals surface area contributed by atoms with Crippen molar-refractivity contribution in [1.82, 2.24) is 10.2 Å². The van der Waals surface area contributed by atoms with Crippen molar-refractivity contribution in [2.45, 2.75) is 58.5 Å². The fourth-order valence-electron chi connectivity index (χ4n) is 2.81. The Balaban J connectivity index is 2.26. The third-order valence-electron chi connectivity index (χ3n) is 3.85. The van der Waals surface area contributed by atoms with Gasteiger partial charge in [0, 0.05) is 18.5 Å². The van der Waals surface area contributed by atoms with Gasteiger partial charge in [-0.1, -0.05) is 6.92 Å². The topological polar surface area (TPSA) is 15.3 Å². The second kappa shape index (κ2) is 7.74. The van der Waals surface area contributed by atoms with Crippen molar-refractivity contribution in [2.24, 2.45) is 5.92 Å². The van der Waals surface area contributed by atoms with Crippen molar-refractivity contribution in [1.29, 1.82) is 0 Å². The van der Waals surface area contributed by atoms with Crippen LogP contribution < -0.4 is 5.32 Å². The zero-order chi connectivity index (χ0) is 12.7. The number of rotatable bonds is 6. The Kier molecular flexibility index (Phi) is 6.62. The molecular formula is C15H28N2. The Hall–Kier alpha value is -0.520. The molecule has 1 heterocycles. The monoisotopic (exact) mass is 236 g/mol. The van der Waals surface area contributed by atoms with Gasteiger partial charge in [0.05, 0.1) is 0 Å². The number of hydrogen-bond acceptors (Lipinski definition) is 2. The molecule has 0 amide bonds. The second-order valence-corrected chi connectivity index (χ2v) is 5.44. The number of likely N-dealkylation sites (tertiary alicyclic amines) is 1. The van der Waals surface area contributed by atoms with Crippen molar-refractivity contribution in [3.63, 3.8) is 0 Å². The molecule has 1 fully saturated rings. The van der Waals surface area contributed by atoms with E-state index in [0.29, 0.717) is 12.1 Å². The number of hydrogen-bond donors (Lipinski definition) is 1. The van der Waals surface area contributed by atoms with E-state index in [-0.39, 0.29) is 0 Å². The SMILES string of the molecule is C#CCC(C)NC(C)C1CCN(CCC)CC1. The van der Waals surface area contributed by atoms with E-state index >= 15 is 0 Å². The highest BCUT2D eigenvalue weighted by atomic mass is 15.1. The predicted molar refractivity (Wildman–Crippen MR) is 75.0 cm³/mol. The number of nitrogens with one attached hydrogen (secondary N) is 1. The van der Waals surface area contributed by atoms with E-state index in [2.05, 4.69) is 36.9 Å². The highest BCUT2D eigenvalue weighted by molar-refractivity contribution is 4.90. The first-order chi connectivity index (χ1) is 8.17. The van der Waals surface area contributed by atoms with Gasteiger partial charge in [0.1, 0.15) is 0 Å². The van der Waals surface area contributed by atoms with Crippen LogP contribution in [-0.2, 0) is 0 Å². The minimum Gasteiger partial charge on any atom is -0.311 e. The number of piperidine rings is 1. The average molecular weight is 236 g/mol. The first-order valence-corrected chi connectivity index (χ1v) is 7.09. The zero-order valence-corrected chi connectivity index (χ0v) is 11.7. The van der Waals surface area contributed by atoms with Crippen LogP contribution in [0.5, 0.6) is 0 Å². The van der Waals surface area contributed by atoms with Gasteiger partial charge in [-0.25, -0.2) is 0 Å². The van der Waals surface area contributed by atoms with Gasteiger partial charge < -0.3 is 10.2 Å². The molecule has 98 valence electrons. The van der Waals surface area contributed by atoms with Crippen LogP contribution >= 0.6 is 0 Å². The van der Waals surface area contributed by atoms with Crippen molar-refractivity contribution < 1.29 is 0 Å². The molecule has 0 spiro atoms. The maximum atomic E-state index is 5.34. The van der Waals surface area contributed by atoms with Gasteiger partial charge in [0.15, 0.2) is 0 Å². The van der Waals surface area contributed by atoms with Crippen LogP contribution in [0, 0.1) is 18.3 Å². The molecule has 0 bridgehead atoms. The van der Waals surface area contributed by atoms with E-state index in [4.69, 9.17) is 6.42 Å². The summed E-state index contributed by atoms with van der Waals surface area (Å²) in [4.78, 5) is 2.59. The summed E-state index contributed by atoms with van der Waals surface area (Å²) in [6.45, 7) is 10.6. The van der Waals surface area contributed by atoms with Crippen molar-refractivity contribution in [2.75, 3.05) is 19.6 Å². The fraction of sp³-hybridized carbons (Fsp3) is 0.867. The van der Waals surface area contributed by atoms with Gasteiger partial charge in [-0.05, 0) is 58.7 Å². The lowest BCUT2D eigenvalue weighted by Gasteiger charge is -2.36. The predicted octanol–water partition coefficient (Wildman–Crippen LogP) is 2.50. The zero-order valence-electron chi connectivity index (χ0n) is 11.7. The Morgan fingerprint density at radius 3 is 2.53 bits per heavy atom.